The number of rotatable bonds is 2. The van der Waals surface area contributed by atoms with Crippen LogP contribution in [0.2, 0.25) is 0 Å². The van der Waals surface area contributed by atoms with Crippen LogP contribution in [0.4, 0.5) is 5.82 Å². The van der Waals surface area contributed by atoms with Gasteiger partial charge in [0.1, 0.15) is 30.2 Å². The summed E-state index contributed by atoms with van der Waals surface area (Å²) in [6.07, 6.45) is 1.30. The summed E-state index contributed by atoms with van der Waals surface area (Å²) in [4.78, 5) is 12.4. The molecule has 118 valence electrons. The summed E-state index contributed by atoms with van der Waals surface area (Å²) in [5, 5.41) is 9.52. The molecule has 2 aromatic heterocycles. The predicted octanol–water partition coefficient (Wildman–Crippen LogP) is -0.182. The highest BCUT2D eigenvalue weighted by atomic mass is 16.8. The van der Waals surface area contributed by atoms with E-state index in [-0.39, 0.29) is 18.8 Å². The Balaban J connectivity index is 1.77. The maximum absolute atomic E-state index is 9.52. The van der Waals surface area contributed by atoms with Gasteiger partial charge in [-0.05, 0) is 13.8 Å². The van der Waals surface area contributed by atoms with E-state index in [1.165, 1.54) is 6.33 Å². The molecule has 0 saturated carbocycles. The molecular formula is C13H17N5O4. The lowest BCUT2D eigenvalue weighted by atomic mass is 10.1. The predicted molar refractivity (Wildman–Crippen MR) is 74.6 cm³/mol. The van der Waals surface area contributed by atoms with Gasteiger partial charge in [-0.1, -0.05) is 0 Å². The van der Waals surface area contributed by atoms with Crippen LogP contribution in [0.25, 0.3) is 11.2 Å². The van der Waals surface area contributed by atoms with Crippen LogP contribution in [0.15, 0.2) is 12.7 Å². The van der Waals surface area contributed by atoms with Crippen LogP contribution in [0.1, 0.15) is 20.1 Å². The number of hydrogen-bond acceptors (Lipinski definition) is 8. The molecule has 0 bridgehead atoms. The van der Waals surface area contributed by atoms with Gasteiger partial charge >= 0.3 is 0 Å². The molecule has 3 N–H and O–H groups in total. The van der Waals surface area contributed by atoms with E-state index in [4.69, 9.17) is 19.9 Å². The minimum atomic E-state index is -0.727. The highest BCUT2D eigenvalue weighted by Crippen LogP contribution is 2.43. The number of aliphatic hydroxyl groups excluding tert-OH is 1. The minimum Gasteiger partial charge on any atom is -0.394 e. The summed E-state index contributed by atoms with van der Waals surface area (Å²) in [6, 6.07) is 0. The van der Waals surface area contributed by atoms with Gasteiger partial charge in [0.2, 0.25) is 0 Å². The first-order valence-electron chi connectivity index (χ1n) is 7.05. The second-order valence-corrected chi connectivity index (χ2v) is 5.90. The summed E-state index contributed by atoms with van der Waals surface area (Å²) in [7, 11) is 0. The average Bonchev–Trinajstić information content (AvgIpc) is 3.10. The Kier molecular flexibility index (Phi) is 2.89. The Morgan fingerprint density at radius 2 is 2.05 bits per heavy atom. The van der Waals surface area contributed by atoms with Crippen molar-refractivity contribution in [1.82, 2.24) is 19.5 Å². The number of aliphatic hydroxyl groups is 1. The second kappa shape index (κ2) is 4.59. The monoisotopic (exact) mass is 307 g/mol. The molecule has 0 aliphatic carbocycles. The quantitative estimate of drug-likeness (QED) is 0.784. The molecule has 4 atom stereocenters. The molecular weight excluding hydrogens is 290 g/mol. The smallest absolute Gasteiger partial charge is 0.167 e. The van der Waals surface area contributed by atoms with Crippen molar-refractivity contribution >= 4 is 17.0 Å². The van der Waals surface area contributed by atoms with Crippen LogP contribution in [-0.2, 0) is 14.2 Å². The summed E-state index contributed by atoms with van der Waals surface area (Å²) in [5.74, 6) is -0.421. The van der Waals surface area contributed by atoms with Crippen molar-refractivity contribution in [2.24, 2.45) is 0 Å². The minimum absolute atomic E-state index is 0.152. The van der Waals surface area contributed by atoms with E-state index in [0.29, 0.717) is 17.0 Å². The van der Waals surface area contributed by atoms with E-state index in [9.17, 15) is 5.11 Å². The van der Waals surface area contributed by atoms with Crippen molar-refractivity contribution in [3.8, 4) is 0 Å². The molecule has 4 rings (SSSR count). The number of nitrogens with two attached hydrogens (primary N) is 1. The van der Waals surface area contributed by atoms with E-state index in [1.807, 2.05) is 13.8 Å². The number of ether oxygens (including phenoxy) is 3. The van der Waals surface area contributed by atoms with E-state index < -0.39 is 18.1 Å². The lowest BCUT2D eigenvalue weighted by Gasteiger charge is -2.24. The fourth-order valence-electron chi connectivity index (χ4n) is 3.09. The van der Waals surface area contributed by atoms with Gasteiger partial charge in [0, 0.05) is 0 Å². The number of aromatic nitrogens is 4. The van der Waals surface area contributed by atoms with Gasteiger partial charge in [-0.25, -0.2) is 15.0 Å². The van der Waals surface area contributed by atoms with Gasteiger partial charge in [0.05, 0.1) is 12.9 Å². The number of hydrogen-bond donors (Lipinski definition) is 2. The molecule has 0 aromatic carbocycles. The van der Waals surface area contributed by atoms with Crippen LogP contribution in [0, 0.1) is 0 Å². The second-order valence-electron chi connectivity index (χ2n) is 5.90. The summed E-state index contributed by atoms with van der Waals surface area (Å²) < 4.78 is 19.4. The van der Waals surface area contributed by atoms with E-state index in [0.717, 1.165) is 0 Å². The van der Waals surface area contributed by atoms with Gasteiger partial charge in [0.25, 0.3) is 0 Å². The molecule has 0 amide bonds. The van der Waals surface area contributed by atoms with Crippen LogP contribution in [-0.4, -0.2) is 55.3 Å². The van der Waals surface area contributed by atoms with Crippen molar-refractivity contribution < 1.29 is 19.3 Å². The average molecular weight is 307 g/mol. The number of fused-ring (bicyclic) bond motifs is 2. The van der Waals surface area contributed by atoms with Crippen molar-refractivity contribution in [3.05, 3.63) is 12.7 Å². The largest absolute Gasteiger partial charge is 0.394 e. The molecule has 2 aliphatic rings. The van der Waals surface area contributed by atoms with Crippen LogP contribution in [0.3, 0.4) is 0 Å². The fraction of sp³-hybridized carbons (Fsp3) is 0.615. The molecule has 2 fully saturated rings. The number of anilines is 1. The van der Waals surface area contributed by atoms with Crippen LogP contribution < -0.4 is 5.73 Å². The highest BCUT2D eigenvalue weighted by Gasteiger charge is 2.55. The number of nitrogen functional groups attached to an aromatic ring is 1. The molecule has 2 aliphatic heterocycles. The Labute approximate surface area is 126 Å². The molecule has 2 aromatic rings. The van der Waals surface area contributed by atoms with Gasteiger partial charge in [0.15, 0.2) is 23.5 Å². The van der Waals surface area contributed by atoms with Gasteiger partial charge in [-0.3, -0.25) is 4.57 Å². The number of imidazole rings is 1. The third-order valence-electron chi connectivity index (χ3n) is 3.97. The third-order valence-corrected chi connectivity index (χ3v) is 3.97. The zero-order valence-corrected chi connectivity index (χ0v) is 12.2. The topological polar surface area (TPSA) is 118 Å². The molecule has 0 spiro atoms. The van der Waals surface area contributed by atoms with Crippen molar-refractivity contribution in [2.45, 2.75) is 44.2 Å². The molecule has 4 heterocycles. The SMILES string of the molecule is CC1(C)OC2[C@H](O1)[C@H](CO)O[C@@H]2n1cnc2c(N)ncnc21. The van der Waals surface area contributed by atoms with E-state index in [2.05, 4.69) is 15.0 Å². The first-order chi connectivity index (χ1) is 10.5. The Morgan fingerprint density at radius 1 is 1.27 bits per heavy atom. The van der Waals surface area contributed by atoms with E-state index in [1.54, 1.807) is 10.9 Å². The van der Waals surface area contributed by atoms with Crippen LogP contribution >= 0.6 is 0 Å². The third kappa shape index (κ3) is 1.90. The van der Waals surface area contributed by atoms with Crippen molar-refractivity contribution in [1.29, 1.82) is 0 Å². The first-order valence-corrected chi connectivity index (χ1v) is 7.05. The van der Waals surface area contributed by atoms with Gasteiger partial charge in [-0.15, -0.1) is 0 Å². The molecule has 22 heavy (non-hydrogen) atoms. The highest BCUT2D eigenvalue weighted by molar-refractivity contribution is 5.81. The molecule has 2 saturated heterocycles. The van der Waals surface area contributed by atoms with E-state index >= 15 is 0 Å². The van der Waals surface area contributed by atoms with Gasteiger partial charge < -0.3 is 25.1 Å². The standard InChI is InChI=1S/C13H17N5O4/c1-13(2)21-8-6(3-19)20-12(9(8)22-13)18-5-17-7-10(14)15-4-16-11(7)18/h4-6,8-9,12,19H,3H2,1-2H3,(H2,14,15,16)/t6-,8+,9?,12-/m0/s1. The normalized spacial score (nSPS) is 33.4. The lowest BCUT2D eigenvalue weighted by molar-refractivity contribution is -0.199. The lowest BCUT2D eigenvalue weighted by Crippen LogP contribution is -2.31. The number of nitrogens with zero attached hydrogens (tertiary/aromatic N) is 4. The Morgan fingerprint density at radius 3 is 2.82 bits per heavy atom. The maximum Gasteiger partial charge on any atom is 0.167 e. The molecule has 1 unspecified atom stereocenters. The van der Waals surface area contributed by atoms with Crippen LogP contribution in [0.5, 0.6) is 0 Å². The summed E-state index contributed by atoms with van der Waals surface area (Å²) in [5.41, 5.74) is 6.87. The Hall–Kier alpha value is -1.81. The summed E-state index contributed by atoms with van der Waals surface area (Å²) >= 11 is 0. The Bertz CT molecular complexity index is 718. The maximum atomic E-state index is 9.52. The van der Waals surface area contributed by atoms with Crippen molar-refractivity contribution in [2.75, 3.05) is 12.3 Å². The first kappa shape index (κ1) is 13.8. The molecule has 9 nitrogen and oxygen atoms in total. The zero-order valence-electron chi connectivity index (χ0n) is 12.2. The van der Waals surface area contributed by atoms with Crippen molar-refractivity contribution in [3.63, 3.8) is 0 Å². The van der Waals surface area contributed by atoms with Gasteiger partial charge in [-0.2, -0.15) is 0 Å². The molecule has 0 radical (unpaired) electrons. The zero-order chi connectivity index (χ0) is 15.5. The fourth-order valence-corrected chi connectivity index (χ4v) is 3.09. The summed E-state index contributed by atoms with van der Waals surface area (Å²) in [6.45, 7) is 3.52. The molecule has 9 heteroatoms.